The van der Waals surface area contributed by atoms with Crippen molar-refractivity contribution in [3.63, 3.8) is 0 Å². The molecular weight excluding hydrogens is 368 g/mol. The molecule has 0 aliphatic rings. The van der Waals surface area contributed by atoms with Crippen LogP contribution in [0, 0.1) is 0 Å². The Bertz CT molecular complexity index is 611. The predicted molar refractivity (Wildman–Crippen MR) is 115 cm³/mol. The van der Waals surface area contributed by atoms with Crippen LogP contribution in [0.15, 0.2) is 18.2 Å². The molecule has 5 nitrogen and oxygen atoms in total. The summed E-state index contributed by atoms with van der Waals surface area (Å²) in [6.45, 7) is 5.05. The van der Waals surface area contributed by atoms with E-state index in [0.29, 0.717) is 17.9 Å². The van der Waals surface area contributed by atoms with Crippen molar-refractivity contribution < 1.29 is 23.8 Å². The van der Waals surface area contributed by atoms with E-state index >= 15 is 0 Å². The van der Waals surface area contributed by atoms with E-state index in [0.717, 1.165) is 24.8 Å². The molecule has 0 spiro atoms. The van der Waals surface area contributed by atoms with Gasteiger partial charge in [0.15, 0.2) is 0 Å². The first-order valence-corrected chi connectivity index (χ1v) is 11.0. The second-order valence-corrected chi connectivity index (χ2v) is 7.66. The molecule has 0 aliphatic heterocycles. The van der Waals surface area contributed by atoms with E-state index in [9.17, 15) is 9.59 Å². The van der Waals surface area contributed by atoms with E-state index in [1.165, 1.54) is 58.8 Å². The van der Waals surface area contributed by atoms with Crippen molar-refractivity contribution in [2.75, 3.05) is 7.11 Å². The standard InChI is InChI=1S/C24H38O5/c1-5-6-7-8-9-10-11-12-13-14-22(28-19(2)25)15-21-16-23(27-4)18-24(17-21)29-20(3)26/h16-18,22H,5-15H2,1-4H3. The van der Waals surface area contributed by atoms with Crippen molar-refractivity contribution in [2.24, 2.45) is 0 Å². The third-order valence-electron chi connectivity index (χ3n) is 4.86. The number of ether oxygens (including phenoxy) is 3. The van der Waals surface area contributed by atoms with E-state index in [1.54, 1.807) is 19.2 Å². The second kappa shape index (κ2) is 14.9. The smallest absolute Gasteiger partial charge is 0.308 e. The zero-order valence-corrected chi connectivity index (χ0v) is 18.6. The average Bonchev–Trinajstić information content (AvgIpc) is 2.65. The quantitative estimate of drug-likeness (QED) is 0.203. The number of carbonyl (C=O) groups excluding carboxylic acids is 2. The van der Waals surface area contributed by atoms with Gasteiger partial charge in [0.2, 0.25) is 0 Å². The van der Waals surface area contributed by atoms with E-state index in [2.05, 4.69) is 6.92 Å². The topological polar surface area (TPSA) is 61.8 Å². The first-order valence-electron chi connectivity index (χ1n) is 11.0. The first kappa shape index (κ1) is 25.0. The Morgan fingerprint density at radius 2 is 1.41 bits per heavy atom. The van der Waals surface area contributed by atoms with Gasteiger partial charge in [-0.3, -0.25) is 9.59 Å². The SMILES string of the molecule is CCCCCCCCCCCC(Cc1cc(OC)cc(OC(C)=O)c1)OC(C)=O. The van der Waals surface area contributed by atoms with Crippen LogP contribution < -0.4 is 9.47 Å². The molecule has 0 aromatic heterocycles. The number of methoxy groups -OCH3 is 1. The fraction of sp³-hybridized carbons (Fsp3) is 0.667. The van der Waals surface area contributed by atoms with Crippen LogP contribution >= 0.6 is 0 Å². The fourth-order valence-corrected chi connectivity index (χ4v) is 3.47. The normalized spacial score (nSPS) is 11.7. The van der Waals surface area contributed by atoms with Gasteiger partial charge in [0.25, 0.3) is 0 Å². The van der Waals surface area contributed by atoms with Crippen molar-refractivity contribution in [3.05, 3.63) is 23.8 Å². The number of hydrogen-bond donors (Lipinski definition) is 0. The molecule has 1 aromatic carbocycles. The molecule has 0 saturated heterocycles. The number of rotatable bonds is 15. The Hall–Kier alpha value is -2.04. The molecule has 0 fully saturated rings. The van der Waals surface area contributed by atoms with Crippen molar-refractivity contribution in [1.29, 1.82) is 0 Å². The molecule has 0 heterocycles. The third-order valence-corrected chi connectivity index (χ3v) is 4.86. The summed E-state index contributed by atoms with van der Waals surface area (Å²) in [7, 11) is 1.57. The van der Waals surface area contributed by atoms with Gasteiger partial charge in [-0.05, 0) is 30.5 Å². The van der Waals surface area contributed by atoms with Gasteiger partial charge < -0.3 is 14.2 Å². The molecule has 1 atom stereocenters. The summed E-state index contributed by atoms with van der Waals surface area (Å²) in [5.74, 6) is 0.407. The minimum atomic E-state index is -0.379. The number of hydrogen-bond acceptors (Lipinski definition) is 5. The number of benzene rings is 1. The van der Waals surface area contributed by atoms with Gasteiger partial charge in [-0.25, -0.2) is 0 Å². The lowest BCUT2D eigenvalue weighted by atomic mass is 10.0. The van der Waals surface area contributed by atoms with Gasteiger partial charge in [0.05, 0.1) is 7.11 Å². The molecule has 1 aromatic rings. The molecule has 5 heteroatoms. The number of unbranched alkanes of at least 4 members (excludes halogenated alkanes) is 8. The summed E-state index contributed by atoms with van der Waals surface area (Å²) in [6.07, 6.45) is 12.5. The molecule has 1 rings (SSSR count). The highest BCUT2D eigenvalue weighted by atomic mass is 16.5. The van der Waals surface area contributed by atoms with Crippen molar-refractivity contribution in [2.45, 2.75) is 97.5 Å². The van der Waals surface area contributed by atoms with E-state index in [4.69, 9.17) is 14.2 Å². The van der Waals surface area contributed by atoms with Crippen molar-refractivity contribution in [3.8, 4) is 11.5 Å². The van der Waals surface area contributed by atoms with Crippen LogP contribution in [0.1, 0.15) is 90.5 Å². The Balaban J connectivity index is 2.52. The van der Waals surface area contributed by atoms with Crippen LogP contribution in [0.4, 0.5) is 0 Å². The summed E-state index contributed by atoms with van der Waals surface area (Å²) in [5.41, 5.74) is 0.919. The zero-order chi connectivity index (χ0) is 21.5. The van der Waals surface area contributed by atoms with Crippen LogP contribution in [0.25, 0.3) is 0 Å². The first-order chi connectivity index (χ1) is 13.9. The summed E-state index contributed by atoms with van der Waals surface area (Å²) in [5, 5.41) is 0. The molecule has 0 radical (unpaired) electrons. The molecule has 29 heavy (non-hydrogen) atoms. The Labute approximate surface area is 176 Å². The van der Waals surface area contributed by atoms with Crippen LogP contribution in [0.3, 0.4) is 0 Å². The Kier molecular flexibility index (Phi) is 12.8. The highest BCUT2D eigenvalue weighted by Gasteiger charge is 2.15. The van der Waals surface area contributed by atoms with Gasteiger partial charge in [0, 0.05) is 26.3 Å². The van der Waals surface area contributed by atoms with Crippen LogP contribution in [-0.4, -0.2) is 25.2 Å². The minimum absolute atomic E-state index is 0.186. The van der Waals surface area contributed by atoms with Crippen molar-refractivity contribution >= 4 is 11.9 Å². The highest BCUT2D eigenvalue weighted by Crippen LogP contribution is 2.25. The summed E-state index contributed by atoms with van der Waals surface area (Å²) >= 11 is 0. The Morgan fingerprint density at radius 3 is 1.97 bits per heavy atom. The predicted octanol–water partition coefficient (Wildman–Crippen LogP) is 6.02. The van der Waals surface area contributed by atoms with E-state index < -0.39 is 0 Å². The van der Waals surface area contributed by atoms with Crippen LogP contribution in [-0.2, 0) is 20.7 Å². The van der Waals surface area contributed by atoms with Gasteiger partial charge in [-0.2, -0.15) is 0 Å². The summed E-state index contributed by atoms with van der Waals surface area (Å²) < 4.78 is 16.0. The third kappa shape index (κ3) is 12.2. The monoisotopic (exact) mass is 406 g/mol. The van der Waals surface area contributed by atoms with Gasteiger partial charge >= 0.3 is 11.9 Å². The molecule has 0 N–H and O–H groups in total. The Morgan fingerprint density at radius 1 is 0.828 bits per heavy atom. The van der Waals surface area contributed by atoms with E-state index in [1.807, 2.05) is 6.07 Å². The maximum absolute atomic E-state index is 11.5. The maximum Gasteiger partial charge on any atom is 0.308 e. The van der Waals surface area contributed by atoms with Gasteiger partial charge in [0.1, 0.15) is 17.6 Å². The van der Waals surface area contributed by atoms with E-state index in [-0.39, 0.29) is 18.0 Å². The summed E-state index contributed by atoms with van der Waals surface area (Å²) in [4.78, 5) is 22.8. The van der Waals surface area contributed by atoms with Gasteiger partial charge in [-0.15, -0.1) is 0 Å². The number of esters is 2. The largest absolute Gasteiger partial charge is 0.497 e. The molecule has 0 amide bonds. The highest BCUT2D eigenvalue weighted by molar-refractivity contribution is 5.69. The lowest BCUT2D eigenvalue weighted by molar-refractivity contribution is -0.146. The lowest BCUT2D eigenvalue weighted by Crippen LogP contribution is -2.19. The van der Waals surface area contributed by atoms with Crippen molar-refractivity contribution in [1.82, 2.24) is 0 Å². The molecule has 0 saturated carbocycles. The summed E-state index contributed by atoms with van der Waals surface area (Å²) in [6, 6.07) is 5.36. The lowest BCUT2D eigenvalue weighted by Gasteiger charge is -2.18. The fourth-order valence-electron chi connectivity index (χ4n) is 3.47. The molecule has 1 unspecified atom stereocenters. The second-order valence-electron chi connectivity index (χ2n) is 7.66. The zero-order valence-electron chi connectivity index (χ0n) is 18.6. The molecular formula is C24H38O5. The molecule has 0 aliphatic carbocycles. The average molecular weight is 407 g/mol. The number of carbonyl (C=O) groups is 2. The maximum atomic E-state index is 11.5. The molecule has 164 valence electrons. The van der Waals surface area contributed by atoms with Crippen LogP contribution in [0.5, 0.6) is 11.5 Å². The van der Waals surface area contributed by atoms with Gasteiger partial charge in [-0.1, -0.05) is 58.3 Å². The van der Waals surface area contributed by atoms with Crippen LogP contribution in [0.2, 0.25) is 0 Å². The minimum Gasteiger partial charge on any atom is -0.497 e. The molecule has 0 bridgehead atoms.